The largest absolute Gasteiger partial charge is 0.505 e. The molecular formula is C35H29N9O7S2. The normalized spacial score (nSPS) is 12.4. The minimum atomic E-state index is -4.75. The minimum absolute atomic E-state index is 0.124. The van der Waals surface area contributed by atoms with Crippen LogP contribution in [-0.4, -0.2) is 31.0 Å². The molecule has 0 heterocycles. The molecule has 16 nitrogen and oxygen atoms in total. The Bertz CT molecular complexity index is 2700. The van der Waals surface area contributed by atoms with E-state index in [-0.39, 0.29) is 27.3 Å². The number of nitrogens with two attached hydrogens (primary N) is 3. The summed E-state index contributed by atoms with van der Waals surface area (Å²) in [6, 6.07) is 26.4. The van der Waals surface area contributed by atoms with E-state index < -0.39 is 36.6 Å². The highest BCUT2D eigenvalue weighted by atomic mass is 32.2. The predicted molar refractivity (Wildman–Crippen MR) is 201 cm³/mol. The van der Waals surface area contributed by atoms with Crippen LogP contribution >= 0.6 is 0 Å². The van der Waals surface area contributed by atoms with Crippen LogP contribution in [0.25, 0.3) is 21.9 Å². The Morgan fingerprint density at radius 2 is 1.06 bits per heavy atom. The van der Waals surface area contributed by atoms with Crippen LogP contribution in [0.4, 0.5) is 51.2 Å². The maximum absolute atomic E-state index is 12.1. The highest BCUT2D eigenvalue weighted by Gasteiger charge is 2.22. The molecule has 0 aliphatic rings. The standard InChI is InChI=1S/C35H29N9O7S2/c1-19-16-29(42-39-26-12-14-27(15-13-26)52(46,47)48)32(38)34(31(19)37)44-41-25-10-5-21(6-11-25)20-3-8-24(9-4-20)40-43-33-30(53(49,50)51)17-22-2-7-23(36)18-28(22)35(33)45/h2-18,45H,36-38H2,1H3,(H,46,47,48)(H,49,50,51). The molecule has 0 saturated carbocycles. The summed E-state index contributed by atoms with van der Waals surface area (Å²) < 4.78 is 65.7. The van der Waals surface area contributed by atoms with Crippen LogP contribution in [0.15, 0.2) is 144 Å². The fourth-order valence-electron chi connectivity index (χ4n) is 5.11. The second-order valence-electron chi connectivity index (χ2n) is 11.6. The van der Waals surface area contributed by atoms with Crippen molar-refractivity contribution in [3.8, 4) is 16.9 Å². The molecule has 0 saturated heterocycles. The summed E-state index contributed by atoms with van der Waals surface area (Å²) in [5.41, 5.74) is 22.6. The van der Waals surface area contributed by atoms with Gasteiger partial charge in [-0.1, -0.05) is 30.3 Å². The number of phenols is 1. The number of aromatic hydroxyl groups is 1. The molecule has 0 bridgehead atoms. The van der Waals surface area contributed by atoms with Crippen molar-refractivity contribution in [2.24, 2.45) is 30.7 Å². The summed E-state index contributed by atoms with van der Waals surface area (Å²) in [4.78, 5) is -0.882. The number of phenolic OH excluding ortho intramolecular Hbond substituents is 1. The third-order valence-electron chi connectivity index (χ3n) is 7.93. The van der Waals surface area contributed by atoms with E-state index in [0.29, 0.717) is 39.4 Å². The van der Waals surface area contributed by atoms with E-state index in [1.54, 1.807) is 49.4 Å². The Morgan fingerprint density at radius 3 is 1.58 bits per heavy atom. The third kappa shape index (κ3) is 8.00. The lowest BCUT2D eigenvalue weighted by Crippen LogP contribution is -1.99. The number of hydrogen-bond donors (Lipinski definition) is 6. The molecule has 6 aromatic carbocycles. The number of anilines is 3. The van der Waals surface area contributed by atoms with Crippen molar-refractivity contribution >= 4 is 82.2 Å². The molecule has 0 atom stereocenters. The summed E-state index contributed by atoms with van der Waals surface area (Å²) >= 11 is 0. The molecule has 53 heavy (non-hydrogen) atoms. The number of nitrogens with zero attached hydrogens (tertiary/aromatic N) is 6. The maximum atomic E-state index is 12.1. The third-order valence-corrected chi connectivity index (χ3v) is 9.66. The summed E-state index contributed by atoms with van der Waals surface area (Å²) in [7, 11) is -9.10. The van der Waals surface area contributed by atoms with Gasteiger partial charge in [0.1, 0.15) is 22.0 Å². The molecule has 6 aromatic rings. The first-order valence-electron chi connectivity index (χ1n) is 15.3. The van der Waals surface area contributed by atoms with Crippen LogP contribution < -0.4 is 17.2 Å². The summed E-state index contributed by atoms with van der Waals surface area (Å²) in [6.45, 7) is 1.75. The van der Waals surface area contributed by atoms with Crippen molar-refractivity contribution in [1.82, 2.24) is 0 Å². The molecule has 18 heteroatoms. The highest BCUT2D eigenvalue weighted by Crippen LogP contribution is 2.43. The zero-order chi connectivity index (χ0) is 38.1. The first-order chi connectivity index (χ1) is 25.1. The monoisotopic (exact) mass is 751 g/mol. The summed E-state index contributed by atoms with van der Waals surface area (Å²) in [5.74, 6) is -0.497. The minimum Gasteiger partial charge on any atom is -0.505 e. The van der Waals surface area contributed by atoms with E-state index in [2.05, 4.69) is 30.7 Å². The SMILES string of the molecule is Cc1cc(N=Nc2ccc(S(=O)(=O)O)cc2)c(N)c(N=Nc2ccc(-c3ccc(N=Nc4c(S(=O)(=O)O)cc5ccc(N)cc5c4O)cc3)cc2)c1N. The van der Waals surface area contributed by atoms with E-state index in [4.69, 9.17) is 21.8 Å². The molecule has 0 amide bonds. The van der Waals surface area contributed by atoms with Gasteiger partial charge in [-0.15, -0.1) is 15.3 Å². The first kappa shape index (κ1) is 36.2. The van der Waals surface area contributed by atoms with Crippen molar-refractivity contribution in [2.75, 3.05) is 17.2 Å². The van der Waals surface area contributed by atoms with E-state index >= 15 is 0 Å². The molecule has 6 rings (SSSR count). The van der Waals surface area contributed by atoms with Crippen molar-refractivity contribution < 1.29 is 31.0 Å². The Balaban J connectivity index is 1.19. The Kier molecular flexibility index (Phi) is 9.70. The van der Waals surface area contributed by atoms with E-state index in [9.17, 15) is 26.5 Å². The quantitative estimate of drug-likeness (QED) is 0.0463. The number of hydrogen-bond acceptors (Lipinski definition) is 14. The molecular weight excluding hydrogens is 723 g/mol. The van der Waals surface area contributed by atoms with Crippen molar-refractivity contribution in [3.63, 3.8) is 0 Å². The number of nitrogen functional groups attached to an aromatic ring is 3. The second kappa shape index (κ2) is 14.2. The van der Waals surface area contributed by atoms with Crippen LogP contribution in [0.2, 0.25) is 0 Å². The van der Waals surface area contributed by atoms with Crippen molar-refractivity contribution in [1.29, 1.82) is 0 Å². The number of azo groups is 3. The summed E-state index contributed by atoms with van der Waals surface area (Å²) in [6.07, 6.45) is 0. The van der Waals surface area contributed by atoms with E-state index in [1.165, 1.54) is 48.5 Å². The van der Waals surface area contributed by atoms with Gasteiger partial charge in [-0.3, -0.25) is 9.11 Å². The first-order valence-corrected chi connectivity index (χ1v) is 18.2. The smallest absolute Gasteiger partial charge is 0.296 e. The van der Waals surface area contributed by atoms with Gasteiger partial charge in [-0.2, -0.15) is 32.2 Å². The number of rotatable bonds is 9. The lowest BCUT2D eigenvalue weighted by molar-refractivity contribution is 0.472. The van der Waals surface area contributed by atoms with Gasteiger partial charge < -0.3 is 22.3 Å². The van der Waals surface area contributed by atoms with Gasteiger partial charge in [-0.25, -0.2) is 0 Å². The Labute approximate surface area is 302 Å². The van der Waals surface area contributed by atoms with Crippen LogP contribution in [0.5, 0.6) is 5.75 Å². The molecule has 0 aliphatic heterocycles. The van der Waals surface area contributed by atoms with Gasteiger partial charge in [-0.05, 0) is 102 Å². The maximum Gasteiger partial charge on any atom is 0.296 e. The van der Waals surface area contributed by atoms with Crippen LogP contribution in [0.1, 0.15) is 5.56 Å². The molecule has 9 N–H and O–H groups in total. The Morgan fingerprint density at radius 1 is 0.547 bits per heavy atom. The molecule has 268 valence electrons. The average molecular weight is 752 g/mol. The molecule has 0 aromatic heterocycles. The second-order valence-corrected chi connectivity index (χ2v) is 14.4. The topological polar surface area (TPSA) is 281 Å². The van der Waals surface area contributed by atoms with Gasteiger partial charge in [0.15, 0.2) is 5.75 Å². The number of aryl methyl sites for hydroxylation is 1. The lowest BCUT2D eigenvalue weighted by Gasteiger charge is -2.09. The van der Waals surface area contributed by atoms with E-state index in [1.807, 2.05) is 12.1 Å². The van der Waals surface area contributed by atoms with Gasteiger partial charge in [0.05, 0.1) is 33.3 Å². The van der Waals surface area contributed by atoms with Gasteiger partial charge in [0.2, 0.25) is 0 Å². The number of benzene rings is 6. The van der Waals surface area contributed by atoms with Crippen molar-refractivity contribution in [2.45, 2.75) is 16.7 Å². The van der Waals surface area contributed by atoms with Gasteiger partial charge in [0, 0.05) is 11.1 Å². The fraction of sp³-hybridized carbons (Fsp3) is 0.0286. The van der Waals surface area contributed by atoms with Crippen LogP contribution in [0.3, 0.4) is 0 Å². The molecule has 0 fully saturated rings. The van der Waals surface area contributed by atoms with Gasteiger partial charge >= 0.3 is 0 Å². The Hall–Kier alpha value is -6.60. The highest BCUT2D eigenvalue weighted by molar-refractivity contribution is 7.86. The lowest BCUT2D eigenvalue weighted by atomic mass is 10.1. The molecule has 0 aliphatic carbocycles. The predicted octanol–water partition coefficient (Wildman–Crippen LogP) is 9.01. The average Bonchev–Trinajstić information content (AvgIpc) is 3.12. The van der Waals surface area contributed by atoms with Gasteiger partial charge in [0.25, 0.3) is 20.2 Å². The molecule has 0 spiro atoms. The van der Waals surface area contributed by atoms with Crippen LogP contribution in [-0.2, 0) is 20.2 Å². The zero-order valence-corrected chi connectivity index (χ0v) is 29.2. The summed E-state index contributed by atoms with van der Waals surface area (Å²) in [5, 5.41) is 36.2. The zero-order valence-electron chi connectivity index (χ0n) is 27.5. The van der Waals surface area contributed by atoms with Crippen LogP contribution in [0, 0.1) is 6.92 Å². The number of fused-ring (bicyclic) bond motifs is 1. The fourth-order valence-corrected chi connectivity index (χ4v) is 6.25. The van der Waals surface area contributed by atoms with Crippen molar-refractivity contribution in [3.05, 3.63) is 109 Å². The molecule has 0 unspecified atom stereocenters. The molecule has 0 radical (unpaired) electrons. The van der Waals surface area contributed by atoms with E-state index in [0.717, 1.165) is 11.1 Å².